The zero-order valence-corrected chi connectivity index (χ0v) is 8.22. The minimum Gasteiger partial charge on any atom is -0.465 e. The Morgan fingerprint density at radius 1 is 1.42 bits per heavy atom. The largest absolute Gasteiger partial charge is 0.465 e. The first-order valence-electron chi connectivity index (χ1n) is 4.66. The maximum Gasteiger partial charge on any atom is 0.323 e. The van der Waals surface area contributed by atoms with Gasteiger partial charge in [-0.2, -0.15) is 0 Å². The number of esters is 1. The second-order valence-corrected chi connectivity index (χ2v) is 2.67. The molecule has 0 fully saturated rings. The summed E-state index contributed by atoms with van der Waals surface area (Å²) in [5.74, 6) is -0.131. The van der Waals surface area contributed by atoms with E-state index < -0.39 is 0 Å². The summed E-state index contributed by atoms with van der Waals surface area (Å²) in [5.41, 5.74) is 0. The minimum atomic E-state index is -0.131. The summed E-state index contributed by atoms with van der Waals surface area (Å²) in [4.78, 5) is 11.2. The van der Waals surface area contributed by atoms with Crippen molar-refractivity contribution in [2.75, 3.05) is 13.2 Å². The molecule has 0 aromatic heterocycles. The number of carbonyl (C=O) groups is 1. The van der Waals surface area contributed by atoms with Crippen molar-refractivity contribution in [3.8, 4) is 0 Å². The van der Waals surface area contributed by atoms with Crippen molar-refractivity contribution in [1.82, 2.24) is 5.32 Å². The third kappa shape index (κ3) is 4.34. The number of ether oxygens (including phenoxy) is 1. The standard InChI is InChI=1S/C9H19NO2/c1-4-7-10-8(5-2)9(11)12-6-3/h8,10H,4-7H2,1-3H3/t8-/m0/s1. The topological polar surface area (TPSA) is 38.3 Å². The lowest BCUT2D eigenvalue weighted by atomic mass is 10.2. The van der Waals surface area contributed by atoms with Gasteiger partial charge in [-0.25, -0.2) is 0 Å². The number of hydrogen-bond acceptors (Lipinski definition) is 3. The number of nitrogens with one attached hydrogen (secondary N) is 1. The Kier molecular flexibility index (Phi) is 6.76. The Labute approximate surface area is 74.5 Å². The fraction of sp³-hybridized carbons (Fsp3) is 0.889. The van der Waals surface area contributed by atoms with Crippen LogP contribution in [0.4, 0.5) is 0 Å². The van der Waals surface area contributed by atoms with E-state index in [-0.39, 0.29) is 12.0 Å². The number of hydrogen-bond donors (Lipinski definition) is 1. The molecule has 3 heteroatoms. The highest BCUT2D eigenvalue weighted by Crippen LogP contribution is 1.94. The van der Waals surface area contributed by atoms with Gasteiger partial charge in [0.1, 0.15) is 6.04 Å². The SMILES string of the molecule is CCCN[C@@H](CC)C(=O)OCC. The van der Waals surface area contributed by atoms with Crippen LogP contribution in [0.15, 0.2) is 0 Å². The highest BCUT2D eigenvalue weighted by Gasteiger charge is 2.15. The molecule has 0 heterocycles. The molecule has 0 saturated carbocycles. The second kappa shape index (κ2) is 7.10. The van der Waals surface area contributed by atoms with Crippen molar-refractivity contribution < 1.29 is 9.53 Å². The average molecular weight is 173 g/mol. The second-order valence-electron chi connectivity index (χ2n) is 2.67. The summed E-state index contributed by atoms with van der Waals surface area (Å²) < 4.78 is 4.89. The highest BCUT2D eigenvalue weighted by molar-refractivity contribution is 5.75. The molecule has 0 unspecified atom stereocenters. The zero-order valence-electron chi connectivity index (χ0n) is 8.22. The van der Waals surface area contributed by atoms with Crippen LogP contribution in [-0.2, 0) is 9.53 Å². The van der Waals surface area contributed by atoms with Gasteiger partial charge in [-0.05, 0) is 26.3 Å². The molecule has 0 aromatic carbocycles. The van der Waals surface area contributed by atoms with Crippen LogP contribution in [0.25, 0.3) is 0 Å². The maximum absolute atomic E-state index is 11.2. The number of rotatable bonds is 6. The molecule has 0 saturated heterocycles. The fourth-order valence-corrected chi connectivity index (χ4v) is 0.956. The molecule has 0 radical (unpaired) electrons. The third-order valence-corrected chi connectivity index (χ3v) is 1.62. The van der Waals surface area contributed by atoms with Gasteiger partial charge in [0.25, 0.3) is 0 Å². The Balaban J connectivity index is 3.71. The minimum absolute atomic E-state index is 0.120. The molecule has 0 bridgehead atoms. The monoisotopic (exact) mass is 173 g/mol. The van der Waals surface area contributed by atoms with Crippen LogP contribution >= 0.6 is 0 Å². The third-order valence-electron chi connectivity index (χ3n) is 1.62. The van der Waals surface area contributed by atoms with Crippen molar-refractivity contribution in [3.63, 3.8) is 0 Å². The smallest absolute Gasteiger partial charge is 0.323 e. The number of carbonyl (C=O) groups excluding carboxylic acids is 1. The van der Waals surface area contributed by atoms with Gasteiger partial charge in [0.05, 0.1) is 6.61 Å². The average Bonchev–Trinajstić information content (AvgIpc) is 2.06. The molecule has 0 spiro atoms. The first-order chi connectivity index (χ1) is 5.76. The van der Waals surface area contributed by atoms with Crippen LogP contribution in [0.2, 0.25) is 0 Å². The van der Waals surface area contributed by atoms with Gasteiger partial charge in [-0.15, -0.1) is 0 Å². The van der Waals surface area contributed by atoms with E-state index in [1.54, 1.807) is 0 Å². The first kappa shape index (κ1) is 11.4. The Morgan fingerprint density at radius 2 is 2.08 bits per heavy atom. The highest BCUT2D eigenvalue weighted by atomic mass is 16.5. The summed E-state index contributed by atoms with van der Waals surface area (Å²) in [6.07, 6.45) is 1.83. The van der Waals surface area contributed by atoms with Gasteiger partial charge in [0, 0.05) is 0 Å². The predicted octanol–water partition coefficient (Wildman–Crippen LogP) is 1.33. The lowest BCUT2D eigenvalue weighted by Gasteiger charge is -2.14. The van der Waals surface area contributed by atoms with Crippen molar-refractivity contribution in [2.45, 2.75) is 39.7 Å². The van der Waals surface area contributed by atoms with E-state index in [0.717, 1.165) is 19.4 Å². The van der Waals surface area contributed by atoms with Crippen molar-refractivity contribution >= 4 is 5.97 Å². The normalized spacial score (nSPS) is 12.6. The van der Waals surface area contributed by atoms with Crippen molar-refractivity contribution in [1.29, 1.82) is 0 Å². The molecule has 0 rings (SSSR count). The first-order valence-corrected chi connectivity index (χ1v) is 4.66. The van der Waals surface area contributed by atoms with Crippen LogP contribution in [-0.4, -0.2) is 25.2 Å². The molecular weight excluding hydrogens is 154 g/mol. The summed E-state index contributed by atoms with van der Waals surface area (Å²) >= 11 is 0. The Morgan fingerprint density at radius 3 is 2.50 bits per heavy atom. The van der Waals surface area contributed by atoms with Crippen LogP contribution in [0.1, 0.15) is 33.6 Å². The summed E-state index contributed by atoms with van der Waals surface area (Å²) in [5, 5.41) is 3.13. The van der Waals surface area contributed by atoms with Crippen LogP contribution in [0.3, 0.4) is 0 Å². The van der Waals surface area contributed by atoms with Crippen LogP contribution < -0.4 is 5.32 Å². The van der Waals surface area contributed by atoms with Crippen molar-refractivity contribution in [3.05, 3.63) is 0 Å². The lowest BCUT2D eigenvalue weighted by Crippen LogP contribution is -2.37. The van der Waals surface area contributed by atoms with E-state index in [0.29, 0.717) is 6.61 Å². The van der Waals surface area contributed by atoms with Crippen molar-refractivity contribution in [2.24, 2.45) is 0 Å². The van der Waals surface area contributed by atoms with Gasteiger partial charge in [0.2, 0.25) is 0 Å². The zero-order chi connectivity index (χ0) is 9.40. The van der Waals surface area contributed by atoms with E-state index >= 15 is 0 Å². The summed E-state index contributed by atoms with van der Waals surface area (Å²) in [7, 11) is 0. The molecule has 0 aliphatic carbocycles. The molecule has 1 N–H and O–H groups in total. The molecule has 0 aliphatic heterocycles. The predicted molar refractivity (Wildman–Crippen MR) is 49.0 cm³/mol. The van der Waals surface area contributed by atoms with Crippen LogP contribution in [0, 0.1) is 0 Å². The molecule has 12 heavy (non-hydrogen) atoms. The quantitative estimate of drug-likeness (QED) is 0.616. The fourth-order valence-electron chi connectivity index (χ4n) is 0.956. The Bertz CT molecular complexity index is 126. The molecule has 1 atom stereocenters. The van der Waals surface area contributed by atoms with E-state index in [1.807, 2.05) is 13.8 Å². The molecule has 0 aliphatic rings. The van der Waals surface area contributed by atoms with Gasteiger partial charge in [0.15, 0.2) is 0 Å². The summed E-state index contributed by atoms with van der Waals surface area (Å²) in [6, 6.07) is -0.120. The maximum atomic E-state index is 11.2. The molecular formula is C9H19NO2. The molecule has 3 nitrogen and oxygen atoms in total. The van der Waals surface area contributed by atoms with E-state index in [9.17, 15) is 4.79 Å². The molecule has 0 amide bonds. The lowest BCUT2D eigenvalue weighted by molar-refractivity contribution is -0.145. The van der Waals surface area contributed by atoms with E-state index in [1.165, 1.54) is 0 Å². The summed E-state index contributed by atoms with van der Waals surface area (Å²) in [6.45, 7) is 7.21. The molecule has 72 valence electrons. The van der Waals surface area contributed by atoms with Gasteiger partial charge >= 0.3 is 5.97 Å². The van der Waals surface area contributed by atoms with Gasteiger partial charge < -0.3 is 10.1 Å². The van der Waals surface area contributed by atoms with E-state index in [4.69, 9.17) is 4.74 Å². The van der Waals surface area contributed by atoms with Crippen LogP contribution in [0.5, 0.6) is 0 Å². The van der Waals surface area contributed by atoms with E-state index in [2.05, 4.69) is 12.2 Å². The molecule has 0 aromatic rings. The van der Waals surface area contributed by atoms with Gasteiger partial charge in [-0.1, -0.05) is 13.8 Å². The van der Waals surface area contributed by atoms with Gasteiger partial charge in [-0.3, -0.25) is 4.79 Å². The Hall–Kier alpha value is -0.570.